The summed E-state index contributed by atoms with van der Waals surface area (Å²) in [6.45, 7) is 0. The minimum absolute atomic E-state index is 0.319. The average molecular weight is 287 g/mol. The van der Waals surface area contributed by atoms with E-state index in [0.29, 0.717) is 21.9 Å². The average Bonchev–Trinajstić information content (AvgIpc) is 2.96. The van der Waals surface area contributed by atoms with Crippen molar-refractivity contribution >= 4 is 27.5 Å². The number of rotatable bonds is 0. The van der Waals surface area contributed by atoms with Crippen LogP contribution >= 0.6 is 0 Å². The second kappa shape index (κ2) is 3.94. The van der Waals surface area contributed by atoms with Crippen molar-refractivity contribution in [3.8, 4) is 0 Å². The van der Waals surface area contributed by atoms with Gasteiger partial charge >= 0.3 is 6.18 Å². The molecule has 1 aromatic carbocycles. The maximum absolute atomic E-state index is 12.9. The zero-order valence-electron chi connectivity index (χ0n) is 10.6. The first-order valence-corrected chi connectivity index (χ1v) is 6.27. The van der Waals surface area contributed by atoms with Crippen LogP contribution in [0, 0.1) is 0 Å². The number of imidazole rings is 1. The maximum Gasteiger partial charge on any atom is 0.433 e. The van der Waals surface area contributed by atoms with Crippen LogP contribution in [0.25, 0.3) is 27.5 Å². The number of nitrogens with zero attached hydrogens (tertiary/aromatic N) is 3. The Bertz CT molecular complexity index is 986. The van der Waals surface area contributed by atoms with Gasteiger partial charge in [0.25, 0.3) is 0 Å². The van der Waals surface area contributed by atoms with E-state index in [-0.39, 0.29) is 0 Å². The number of alkyl halides is 3. The molecule has 0 N–H and O–H groups in total. The Hall–Kier alpha value is -2.63. The van der Waals surface area contributed by atoms with E-state index in [1.807, 2.05) is 16.5 Å². The van der Waals surface area contributed by atoms with Crippen LogP contribution in [-0.4, -0.2) is 14.4 Å². The molecule has 0 fully saturated rings. The molecule has 0 amide bonds. The number of hydrogen-bond acceptors (Lipinski definition) is 2. The Labute approximate surface area is 116 Å². The van der Waals surface area contributed by atoms with Gasteiger partial charge in [-0.1, -0.05) is 18.2 Å². The van der Waals surface area contributed by atoms with Crippen LogP contribution in [0.1, 0.15) is 5.69 Å². The van der Waals surface area contributed by atoms with Crippen LogP contribution in [0.15, 0.2) is 48.8 Å². The molecule has 0 radical (unpaired) electrons. The SMILES string of the molecule is FC(F)(F)c1ccc2c(n1)c1ccccc1n1ccnc21. The van der Waals surface area contributed by atoms with Crippen molar-refractivity contribution < 1.29 is 13.2 Å². The van der Waals surface area contributed by atoms with Gasteiger partial charge in [0, 0.05) is 23.2 Å². The molecule has 0 saturated heterocycles. The Kier molecular flexibility index (Phi) is 2.28. The van der Waals surface area contributed by atoms with Gasteiger partial charge in [-0.3, -0.25) is 4.40 Å². The van der Waals surface area contributed by atoms with Gasteiger partial charge in [-0.15, -0.1) is 0 Å². The van der Waals surface area contributed by atoms with E-state index >= 15 is 0 Å². The predicted molar refractivity (Wildman–Crippen MR) is 73.0 cm³/mol. The molecule has 6 heteroatoms. The Morgan fingerprint density at radius 2 is 1.76 bits per heavy atom. The summed E-state index contributed by atoms with van der Waals surface area (Å²) in [4.78, 5) is 8.06. The number of aromatic nitrogens is 3. The van der Waals surface area contributed by atoms with Crippen LogP contribution in [0.5, 0.6) is 0 Å². The number of benzene rings is 1. The van der Waals surface area contributed by atoms with E-state index in [1.165, 1.54) is 6.07 Å². The molecule has 0 bridgehead atoms. The fourth-order valence-electron chi connectivity index (χ4n) is 2.58. The zero-order valence-corrected chi connectivity index (χ0v) is 10.6. The Morgan fingerprint density at radius 3 is 2.57 bits per heavy atom. The molecule has 104 valence electrons. The second-order valence-corrected chi connectivity index (χ2v) is 4.73. The first-order chi connectivity index (χ1) is 10.1. The largest absolute Gasteiger partial charge is 0.433 e. The normalized spacial score (nSPS) is 12.5. The number of pyridine rings is 2. The summed E-state index contributed by atoms with van der Waals surface area (Å²) in [5, 5.41) is 1.27. The standard InChI is InChI=1S/C15H8F3N3/c16-15(17,18)12-6-5-10-13(20-12)9-3-1-2-4-11(9)21-8-7-19-14(10)21/h1-8H. The Balaban J connectivity index is 2.26. The topological polar surface area (TPSA) is 30.2 Å². The van der Waals surface area contributed by atoms with E-state index in [0.717, 1.165) is 11.6 Å². The van der Waals surface area contributed by atoms with Crippen molar-refractivity contribution in [2.45, 2.75) is 6.18 Å². The van der Waals surface area contributed by atoms with E-state index < -0.39 is 11.9 Å². The van der Waals surface area contributed by atoms with Crippen molar-refractivity contribution in [3.05, 3.63) is 54.5 Å². The number of hydrogen-bond donors (Lipinski definition) is 0. The smallest absolute Gasteiger partial charge is 0.299 e. The third-order valence-electron chi connectivity index (χ3n) is 3.49. The van der Waals surface area contributed by atoms with E-state index in [1.54, 1.807) is 24.5 Å². The van der Waals surface area contributed by atoms with Gasteiger partial charge < -0.3 is 0 Å². The first kappa shape index (κ1) is 12.1. The number of halogens is 3. The lowest BCUT2D eigenvalue weighted by Gasteiger charge is -2.10. The van der Waals surface area contributed by atoms with E-state index in [4.69, 9.17) is 0 Å². The summed E-state index contributed by atoms with van der Waals surface area (Å²) in [5.74, 6) is 0. The minimum atomic E-state index is -4.46. The van der Waals surface area contributed by atoms with Crippen LogP contribution in [0.4, 0.5) is 13.2 Å². The lowest BCUT2D eigenvalue weighted by molar-refractivity contribution is -0.140. The van der Waals surface area contributed by atoms with Crippen LogP contribution in [0.2, 0.25) is 0 Å². The van der Waals surface area contributed by atoms with Gasteiger partial charge in [0.05, 0.1) is 11.0 Å². The van der Waals surface area contributed by atoms with Gasteiger partial charge in [-0.25, -0.2) is 9.97 Å². The highest BCUT2D eigenvalue weighted by Crippen LogP contribution is 2.32. The highest BCUT2D eigenvalue weighted by atomic mass is 19.4. The minimum Gasteiger partial charge on any atom is -0.299 e. The highest BCUT2D eigenvalue weighted by molar-refractivity contribution is 6.09. The summed E-state index contributed by atoms with van der Waals surface area (Å²) in [5.41, 5.74) is 0.810. The molecule has 21 heavy (non-hydrogen) atoms. The predicted octanol–water partition coefficient (Wildman–Crippen LogP) is 4.05. The number of fused-ring (bicyclic) bond motifs is 6. The molecule has 0 saturated carbocycles. The van der Waals surface area contributed by atoms with Crippen molar-refractivity contribution in [2.24, 2.45) is 0 Å². The van der Waals surface area contributed by atoms with Crippen molar-refractivity contribution in [1.29, 1.82) is 0 Å². The molecule has 4 rings (SSSR count). The molecule has 0 spiro atoms. The molecular formula is C15H8F3N3. The second-order valence-electron chi connectivity index (χ2n) is 4.73. The Morgan fingerprint density at radius 1 is 0.952 bits per heavy atom. The molecule has 3 aromatic heterocycles. The molecule has 0 aliphatic carbocycles. The lowest BCUT2D eigenvalue weighted by atomic mass is 10.1. The molecule has 0 aliphatic rings. The van der Waals surface area contributed by atoms with Crippen LogP contribution < -0.4 is 0 Å². The van der Waals surface area contributed by atoms with E-state index in [2.05, 4.69) is 9.97 Å². The number of para-hydroxylation sites is 1. The van der Waals surface area contributed by atoms with Gasteiger partial charge in [-0.2, -0.15) is 13.2 Å². The maximum atomic E-state index is 12.9. The molecular weight excluding hydrogens is 279 g/mol. The van der Waals surface area contributed by atoms with Gasteiger partial charge in [-0.05, 0) is 18.2 Å². The third-order valence-corrected chi connectivity index (χ3v) is 3.49. The van der Waals surface area contributed by atoms with Gasteiger partial charge in [0.15, 0.2) is 0 Å². The monoisotopic (exact) mass is 287 g/mol. The summed E-state index contributed by atoms with van der Waals surface area (Å²) in [6.07, 6.45) is -1.05. The third kappa shape index (κ3) is 1.68. The van der Waals surface area contributed by atoms with Gasteiger partial charge in [0.2, 0.25) is 0 Å². The van der Waals surface area contributed by atoms with Crippen LogP contribution in [0.3, 0.4) is 0 Å². The molecule has 3 heterocycles. The van der Waals surface area contributed by atoms with Crippen LogP contribution in [-0.2, 0) is 6.18 Å². The summed E-state index contributed by atoms with van der Waals surface area (Å²) in [6, 6.07) is 9.65. The van der Waals surface area contributed by atoms with Crippen molar-refractivity contribution in [3.63, 3.8) is 0 Å². The summed E-state index contributed by atoms with van der Waals surface area (Å²) in [7, 11) is 0. The molecule has 0 aliphatic heterocycles. The molecule has 4 aromatic rings. The molecule has 3 nitrogen and oxygen atoms in total. The van der Waals surface area contributed by atoms with Crippen molar-refractivity contribution in [1.82, 2.24) is 14.4 Å². The fraction of sp³-hybridized carbons (Fsp3) is 0.0667. The zero-order chi connectivity index (χ0) is 14.6. The summed E-state index contributed by atoms with van der Waals surface area (Å²) >= 11 is 0. The van der Waals surface area contributed by atoms with E-state index in [9.17, 15) is 13.2 Å². The quantitative estimate of drug-likeness (QED) is 0.457. The summed E-state index contributed by atoms with van der Waals surface area (Å²) < 4.78 is 40.5. The van der Waals surface area contributed by atoms with Gasteiger partial charge in [0.1, 0.15) is 11.3 Å². The highest BCUT2D eigenvalue weighted by Gasteiger charge is 2.32. The molecule has 0 unspecified atom stereocenters. The fourth-order valence-corrected chi connectivity index (χ4v) is 2.58. The lowest BCUT2D eigenvalue weighted by Crippen LogP contribution is -2.08. The van der Waals surface area contributed by atoms with Crippen molar-refractivity contribution in [2.75, 3.05) is 0 Å². The molecule has 0 atom stereocenters. The first-order valence-electron chi connectivity index (χ1n) is 6.27.